The van der Waals surface area contributed by atoms with Gasteiger partial charge in [0.25, 0.3) is 0 Å². The standard InChI is InChI=1S/C9H10ClFN2S/c1-5-2-8(14)7(3-6(5)11)13-9(12)4-10/h2-3,14H,4H2,1H3,(H2,12,13). The number of rotatable bonds is 2. The molecule has 0 spiro atoms. The molecule has 76 valence electrons. The smallest absolute Gasteiger partial charge is 0.128 e. The van der Waals surface area contributed by atoms with E-state index in [1.807, 2.05) is 0 Å². The maximum atomic E-state index is 13.1. The molecule has 0 bridgehead atoms. The van der Waals surface area contributed by atoms with E-state index in [1.54, 1.807) is 13.0 Å². The van der Waals surface area contributed by atoms with Gasteiger partial charge in [0.05, 0.1) is 11.6 Å². The highest BCUT2D eigenvalue weighted by Crippen LogP contribution is 2.26. The molecule has 2 nitrogen and oxygen atoms in total. The van der Waals surface area contributed by atoms with E-state index in [0.717, 1.165) is 0 Å². The van der Waals surface area contributed by atoms with Gasteiger partial charge in [-0.15, -0.1) is 24.2 Å². The first-order valence-corrected chi connectivity index (χ1v) is 4.91. The second-order valence-corrected chi connectivity index (χ2v) is 3.58. The first kappa shape index (κ1) is 11.3. The summed E-state index contributed by atoms with van der Waals surface area (Å²) in [5.74, 6) is 0.0250. The normalized spacial score (nSPS) is 11.9. The minimum absolute atomic E-state index is 0.114. The van der Waals surface area contributed by atoms with Gasteiger partial charge < -0.3 is 5.73 Å². The molecule has 1 aromatic rings. The van der Waals surface area contributed by atoms with Crippen molar-refractivity contribution in [3.05, 3.63) is 23.5 Å². The highest BCUT2D eigenvalue weighted by Gasteiger charge is 2.04. The lowest BCUT2D eigenvalue weighted by molar-refractivity contribution is 0.617. The van der Waals surface area contributed by atoms with Crippen molar-refractivity contribution >= 4 is 35.8 Å². The molecule has 0 aliphatic carbocycles. The number of benzene rings is 1. The van der Waals surface area contributed by atoms with Crippen LogP contribution in [0.3, 0.4) is 0 Å². The summed E-state index contributed by atoms with van der Waals surface area (Å²) < 4.78 is 13.1. The topological polar surface area (TPSA) is 38.4 Å². The maximum Gasteiger partial charge on any atom is 0.128 e. The number of hydrogen-bond acceptors (Lipinski definition) is 2. The fraction of sp³-hybridized carbons (Fsp3) is 0.222. The number of nitrogens with two attached hydrogens (primary N) is 1. The minimum atomic E-state index is -0.330. The number of aliphatic imine (C=N–C) groups is 1. The van der Waals surface area contributed by atoms with Crippen LogP contribution in [0.2, 0.25) is 0 Å². The van der Waals surface area contributed by atoms with Crippen LogP contribution in [0.1, 0.15) is 5.56 Å². The number of hydrogen-bond donors (Lipinski definition) is 2. The van der Waals surface area contributed by atoms with Gasteiger partial charge in [-0.2, -0.15) is 0 Å². The molecule has 2 N–H and O–H groups in total. The van der Waals surface area contributed by atoms with Crippen molar-refractivity contribution in [3.8, 4) is 0 Å². The Labute approximate surface area is 92.4 Å². The number of nitrogens with zero attached hydrogens (tertiary/aromatic N) is 1. The summed E-state index contributed by atoms with van der Waals surface area (Å²) in [6.07, 6.45) is 0. The van der Waals surface area contributed by atoms with E-state index in [9.17, 15) is 4.39 Å². The molecule has 0 unspecified atom stereocenters. The van der Waals surface area contributed by atoms with Crippen molar-refractivity contribution in [2.45, 2.75) is 11.8 Å². The quantitative estimate of drug-likeness (QED) is 0.350. The molecule has 0 aliphatic heterocycles. The number of aryl methyl sites for hydroxylation is 1. The van der Waals surface area contributed by atoms with E-state index in [-0.39, 0.29) is 17.5 Å². The van der Waals surface area contributed by atoms with E-state index < -0.39 is 0 Å². The van der Waals surface area contributed by atoms with E-state index in [2.05, 4.69) is 17.6 Å². The Bertz CT molecular complexity index is 379. The summed E-state index contributed by atoms with van der Waals surface area (Å²) in [6.45, 7) is 1.66. The molecule has 0 amide bonds. The zero-order valence-corrected chi connectivity index (χ0v) is 9.24. The highest BCUT2D eigenvalue weighted by molar-refractivity contribution is 7.80. The third-order valence-electron chi connectivity index (χ3n) is 1.66. The van der Waals surface area contributed by atoms with E-state index in [4.69, 9.17) is 17.3 Å². The maximum absolute atomic E-state index is 13.1. The molecule has 0 radical (unpaired) electrons. The molecule has 0 aliphatic rings. The Morgan fingerprint density at radius 3 is 2.86 bits per heavy atom. The zero-order valence-electron chi connectivity index (χ0n) is 7.59. The van der Waals surface area contributed by atoms with Crippen LogP contribution in [0.4, 0.5) is 10.1 Å². The molecule has 5 heteroatoms. The zero-order chi connectivity index (χ0) is 10.7. The molecule has 1 rings (SSSR count). The summed E-state index contributed by atoms with van der Waals surface area (Å²) in [6, 6.07) is 2.88. The average Bonchev–Trinajstić information content (AvgIpc) is 2.14. The Hall–Kier alpha value is -0.740. The summed E-state index contributed by atoms with van der Waals surface area (Å²) in [5, 5.41) is 0. The van der Waals surface area contributed by atoms with Crippen molar-refractivity contribution < 1.29 is 4.39 Å². The Balaban J connectivity index is 3.16. The van der Waals surface area contributed by atoms with Crippen LogP contribution >= 0.6 is 24.2 Å². The van der Waals surface area contributed by atoms with Gasteiger partial charge in [0.15, 0.2) is 0 Å². The summed E-state index contributed by atoms with van der Waals surface area (Å²) in [4.78, 5) is 4.51. The van der Waals surface area contributed by atoms with Crippen molar-refractivity contribution in [1.82, 2.24) is 0 Å². The second kappa shape index (κ2) is 4.66. The van der Waals surface area contributed by atoms with Gasteiger partial charge in [-0.05, 0) is 18.6 Å². The predicted octanol–water partition coefficient (Wildman–Crippen LogP) is 2.65. The second-order valence-electron chi connectivity index (χ2n) is 2.83. The lowest BCUT2D eigenvalue weighted by Crippen LogP contribution is -2.12. The lowest BCUT2D eigenvalue weighted by Gasteiger charge is -2.03. The molecule has 0 atom stereocenters. The fourth-order valence-electron chi connectivity index (χ4n) is 0.930. The van der Waals surface area contributed by atoms with Crippen LogP contribution < -0.4 is 5.73 Å². The van der Waals surface area contributed by atoms with Gasteiger partial charge in [-0.1, -0.05) is 0 Å². The van der Waals surface area contributed by atoms with Crippen molar-refractivity contribution in [2.75, 3.05) is 5.88 Å². The van der Waals surface area contributed by atoms with Crippen LogP contribution in [0.5, 0.6) is 0 Å². The first-order chi connectivity index (χ1) is 6.54. The van der Waals surface area contributed by atoms with E-state index >= 15 is 0 Å². The van der Waals surface area contributed by atoms with Gasteiger partial charge in [-0.25, -0.2) is 9.38 Å². The van der Waals surface area contributed by atoms with Crippen LogP contribution in [0.15, 0.2) is 22.0 Å². The first-order valence-electron chi connectivity index (χ1n) is 3.92. The Morgan fingerprint density at radius 1 is 1.64 bits per heavy atom. The summed E-state index contributed by atoms with van der Waals surface area (Å²) in [7, 11) is 0. The van der Waals surface area contributed by atoms with Gasteiger partial charge in [-0.3, -0.25) is 0 Å². The van der Waals surface area contributed by atoms with E-state index in [1.165, 1.54) is 6.07 Å². The molecule has 0 fully saturated rings. The van der Waals surface area contributed by atoms with Crippen LogP contribution in [-0.4, -0.2) is 11.7 Å². The minimum Gasteiger partial charge on any atom is -0.386 e. The molecule has 0 aromatic heterocycles. The molecule has 0 saturated carbocycles. The van der Waals surface area contributed by atoms with Crippen LogP contribution in [-0.2, 0) is 0 Å². The van der Waals surface area contributed by atoms with E-state index in [0.29, 0.717) is 16.1 Å². The lowest BCUT2D eigenvalue weighted by atomic mass is 10.2. The summed E-state index contributed by atoms with van der Waals surface area (Å²) in [5.41, 5.74) is 6.35. The monoisotopic (exact) mass is 232 g/mol. The third-order valence-corrected chi connectivity index (χ3v) is 2.29. The van der Waals surface area contributed by atoms with Crippen molar-refractivity contribution in [3.63, 3.8) is 0 Å². The average molecular weight is 233 g/mol. The van der Waals surface area contributed by atoms with Crippen LogP contribution in [0.25, 0.3) is 0 Å². The molecular weight excluding hydrogens is 223 g/mol. The fourth-order valence-corrected chi connectivity index (χ4v) is 1.30. The largest absolute Gasteiger partial charge is 0.386 e. The van der Waals surface area contributed by atoms with Crippen molar-refractivity contribution in [1.29, 1.82) is 0 Å². The van der Waals surface area contributed by atoms with Gasteiger partial charge in [0.2, 0.25) is 0 Å². The number of halogens is 2. The third kappa shape index (κ3) is 2.62. The highest BCUT2D eigenvalue weighted by atomic mass is 35.5. The van der Waals surface area contributed by atoms with Gasteiger partial charge in [0, 0.05) is 11.0 Å². The molecule has 14 heavy (non-hydrogen) atoms. The predicted molar refractivity (Wildman–Crippen MR) is 60.4 cm³/mol. The molecule has 1 aromatic carbocycles. The molecule has 0 heterocycles. The Kier molecular flexibility index (Phi) is 3.77. The number of amidine groups is 1. The summed E-state index contributed by atoms with van der Waals surface area (Å²) >= 11 is 9.61. The van der Waals surface area contributed by atoms with Crippen LogP contribution in [0, 0.1) is 12.7 Å². The van der Waals surface area contributed by atoms with Crippen molar-refractivity contribution in [2.24, 2.45) is 10.7 Å². The molecular formula is C9H10ClFN2S. The van der Waals surface area contributed by atoms with Gasteiger partial charge in [0.1, 0.15) is 11.7 Å². The number of thiol groups is 1. The Morgan fingerprint density at radius 2 is 2.29 bits per heavy atom. The molecule has 0 saturated heterocycles. The number of alkyl halides is 1. The SMILES string of the molecule is Cc1cc(S)c(N=C(N)CCl)cc1F. The van der Waals surface area contributed by atoms with Gasteiger partial charge >= 0.3 is 0 Å².